The van der Waals surface area contributed by atoms with Crippen LogP contribution >= 0.6 is 0 Å². The van der Waals surface area contributed by atoms with Gasteiger partial charge in [-0.1, -0.05) is 34.3 Å². The Labute approximate surface area is 89.2 Å². The lowest BCUT2D eigenvalue weighted by molar-refractivity contribution is 0.200. The SMILES string of the molecule is C=C1CCCN1C(CC)CC(C)(C)C. The van der Waals surface area contributed by atoms with E-state index in [-0.39, 0.29) is 0 Å². The fraction of sp³-hybridized carbons (Fsp3) is 0.846. The van der Waals surface area contributed by atoms with Gasteiger partial charge in [0.05, 0.1) is 0 Å². The van der Waals surface area contributed by atoms with Crippen molar-refractivity contribution in [3.05, 3.63) is 12.3 Å². The van der Waals surface area contributed by atoms with Crippen LogP contribution in [0.3, 0.4) is 0 Å². The number of likely N-dealkylation sites (tertiary alicyclic amines) is 1. The fourth-order valence-electron chi connectivity index (χ4n) is 2.38. The average Bonchev–Trinajstić information content (AvgIpc) is 2.45. The van der Waals surface area contributed by atoms with Gasteiger partial charge in [-0.25, -0.2) is 0 Å². The first-order valence-corrected chi connectivity index (χ1v) is 5.88. The first kappa shape index (κ1) is 11.6. The molecular formula is C13H25N. The molecule has 0 aliphatic carbocycles. The van der Waals surface area contributed by atoms with Gasteiger partial charge in [0.1, 0.15) is 0 Å². The molecule has 0 aromatic rings. The van der Waals surface area contributed by atoms with Crippen molar-refractivity contribution in [2.45, 2.75) is 59.4 Å². The van der Waals surface area contributed by atoms with E-state index < -0.39 is 0 Å². The minimum absolute atomic E-state index is 0.434. The van der Waals surface area contributed by atoms with Crippen molar-refractivity contribution in [3.63, 3.8) is 0 Å². The second-order valence-corrected chi connectivity index (χ2v) is 5.69. The maximum absolute atomic E-state index is 4.16. The summed E-state index contributed by atoms with van der Waals surface area (Å²) in [6.07, 6.45) is 5.04. The Morgan fingerprint density at radius 2 is 2.07 bits per heavy atom. The predicted octanol–water partition coefficient (Wildman–Crippen LogP) is 3.81. The molecular weight excluding hydrogens is 170 g/mol. The maximum Gasteiger partial charge on any atom is 0.0289 e. The third-order valence-corrected chi connectivity index (χ3v) is 3.03. The highest BCUT2D eigenvalue weighted by molar-refractivity contribution is 5.02. The van der Waals surface area contributed by atoms with E-state index in [1.54, 1.807) is 0 Å². The quantitative estimate of drug-likeness (QED) is 0.662. The second kappa shape index (κ2) is 4.37. The van der Waals surface area contributed by atoms with Gasteiger partial charge in [0.25, 0.3) is 0 Å². The summed E-state index contributed by atoms with van der Waals surface area (Å²) in [6.45, 7) is 14.7. The molecule has 0 radical (unpaired) electrons. The van der Waals surface area contributed by atoms with Crippen LogP contribution < -0.4 is 0 Å². The molecule has 82 valence electrons. The highest BCUT2D eigenvalue weighted by Gasteiger charge is 2.26. The highest BCUT2D eigenvalue weighted by atomic mass is 15.2. The van der Waals surface area contributed by atoms with Gasteiger partial charge < -0.3 is 4.90 Å². The zero-order valence-electron chi connectivity index (χ0n) is 10.3. The molecule has 1 rings (SSSR count). The summed E-state index contributed by atoms with van der Waals surface area (Å²) in [6, 6.07) is 0.713. The average molecular weight is 195 g/mol. The molecule has 1 nitrogen and oxygen atoms in total. The van der Waals surface area contributed by atoms with E-state index in [9.17, 15) is 0 Å². The predicted molar refractivity (Wildman–Crippen MR) is 63.2 cm³/mol. The molecule has 1 fully saturated rings. The van der Waals surface area contributed by atoms with Crippen LogP contribution in [0.5, 0.6) is 0 Å². The van der Waals surface area contributed by atoms with E-state index in [4.69, 9.17) is 0 Å². The second-order valence-electron chi connectivity index (χ2n) is 5.69. The Morgan fingerprint density at radius 3 is 2.43 bits per heavy atom. The standard InChI is InChI=1S/C13H25N/c1-6-12(10-13(3,4)5)14-9-7-8-11(14)2/h12H,2,6-10H2,1,3-5H3. The molecule has 14 heavy (non-hydrogen) atoms. The van der Waals surface area contributed by atoms with Gasteiger partial charge in [0.15, 0.2) is 0 Å². The zero-order valence-corrected chi connectivity index (χ0v) is 10.3. The molecule has 0 N–H and O–H groups in total. The minimum Gasteiger partial charge on any atom is -0.372 e. The van der Waals surface area contributed by atoms with Crippen LogP contribution in [-0.2, 0) is 0 Å². The van der Waals surface area contributed by atoms with Gasteiger partial charge in [-0.3, -0.25) is 0 Å². The van der Waals surface area contributed by atoms with Crippen molar-refractivity contribution >= 4 is 0 Å². The van der Waals surface area contributed by atoms with Crippen LogP contribution in [0.25, 0.3) is 0 Å². The first-order valence-electron chi connectivity index (χ1n) is 5.88. The molecule has 1 aliphatic heterocycles. The molecule has 1 atom stereocenters. The first-order chi connectivity index (χ1) is 6.44. The number of allylic oxidation sites excluding steroid dienone is 1. The molecule has 0 aromatic heterocycles. The minimum atomic E-state index is 0.434. The third kappa shape index (κ3) is 3.04. The third-order valence-electron chi connectivity index (χ3n) is 3.03. The lowest BCUT2D eigenvalue weighted by Crippen LogP contribution is -2.34. The Bertz CT molecular complexity index is 200. The largest absolute Gasteiger partial charge is 0.372 e. The van der Waals surface area contributed by atoms with Crippen LogP contribution in [-0.4, -0.2) is 17.5 Å². The molecule has 1 unspecified atom stereocenters. The van der Waals surface area contributed by atoms with Crippen LogP contribution in [0.4, 0.5) is 0 Å². The van der Waals surface area contributed by atoms with Crippen molar-refractivity contribution in [3.8, 4) is 0 Å². The maximum atomic E-state index is 4.16. The normalized spacial score (nSPS) is 20.3. The molecule has 1 heterocycles. The van der Waals surface area contributed by atoms with Crippen LogP contribution in [0.2, 0.25) is 0 Å². The summed E-state index contributed by atoms with van der Waals surface area (Å²) < 4.78 is 0. The monoisotopic (exact) mass is 195 g/mol. The van der Waals surface area contributed by atoms with Crippen molar-refractivity contribution in [1.29, 1.82) is 0 Å². The van der Waals surface area contributed by atoms with E-state index in [1.165, 1.54) is 37.9 Å². The van der Waals surface area contributed by atoms with Gasteiger partial charge in [0, 0.05) is 18.3 Å². The lowest BCUT2D eigenvalue weighted by Gasteiger charge is -2.34. The van der Waals surface area contributed by atoms with E-state index in [2.05, 4.69) is 39.2 Å². The van der Waals surface area contributed by atoms with Gasteiger partial charge >= 0.3 is 0 Å². The van der Waals surface area contributed by atoms with E-state index in [0.717, 1.165) is 0 Å². The molecule has 0 aromatic carbocycles. The Balaban J connectivity index is 2.57. The molecule has 0 saturated carbocycles. The molecule has 1 heteroatoms. The van der Waals surface area contributed by atoms with Crippen LogP contribution in [0.15, 0.2) is 12.3 Å². The van der Waals surface area contributed by atoms with Crippen LogP contribution in [0, 0.1) is 5.41 Å². The molecule has 0 bridgehead atoms. The molecule has 1 saturated heterocycles. The van der Waals surface area contributed by atoms with Gasteiger partial charge in [-0.15, -0.1) is 0 Å². The topological polar surface area (TPSA) is 3.24 Å². The number of rotatable bonds is 3. The highest BCUT2D eigenvalue weighted by Crippen LogP contribution is 2.30. The Hall–Kier alpha value is -0.460. The Kier molecular flexibility index (Phi) is 3.63. The van der Waals surface area contributed by atoms with Crippen molar-refractivity contribution in [1.82, 2.24) is 4.90 Å². The smallest absolute Gasteiger partial charge is 0.0289 e. The fourth-order valence-corrected chi connectivity index (χ4v) is 2.38. The van der Waals surface area contributed by atoms with Crippen molar-refractivity contribution in [2.24, 2.45) is 5.41 Å². The van der Waals surface area contributed by atoms with Gasteiger partial charge in [0.2, 0.25) is 0 Å². The number of hydrogen-bond acceptors (Lipinski definition) is 1. The van der Waals surface area contributed by atoms with E-state index >= 15 is 0 Å². The summed E-state index contributed by atoms with van der Waals surface area (Å²) in [7, 11) is 0. The van der Waals surface area contributed by atoms with Gasteiger partial charge in [-0.05, 0) is 31.1 Å². The summed E-state index contributed by atoms with van der Waals surface area (Å²) >= 11 is 0. The summed E-state index contributed by atoms with van der Waals surface area (Å²) in [4.78, 5) is 2.53. The van der Waals surface area contributed by atoms with E-state index in [0.29, 0.717) is 11.5 Å². The van der Waals surface area contributed by atoms with Crippen molar-refractivity contribution < 1.29 is 0 Å². The van der Waals surface area contributed by atoms with E-state index in [1.807, 2.05) is 0 Å². The summed E-state index contributed by atoms with van der Waals surface area (Å²) in [5.74, 6) is 0. The number of hydrogen-bond donors (Lipinski definition) is 0. The Morgan fingerprint density at radius 1 is 1.43 bits per heavy atom. The molecule has 1 aliphatic rings. The molecule has 0 spiro atoms. The summed E-state index contributed by atoms with van der Waals surface area (Å²) in [5.41, 5.74) is 1.80. The zero-order chi connectivity index (χ0) is 10.8. The van der Waals surface area contributed by atoms with Crippen molar-refractivity contribution in [2.75, 3.05) is 6.54 Å². The number of nitrogens with zero attached hydrogens (tertiary/aromatic N) is 1. The van der Waals surface area contributed by atoms with Gasteiger partial charge in [-0.2, -0.15) is 0 Å². The molecule has 0 amide bonds. The van der Waals surface area contributed by atoms with Crippen LogP contribution in [0.1, 0.15) is 53.4 Å². The lowest BCUT2D eigenvalue weighted by atomic mass is 9.86. The summed E-state index contributed by atoms with van der Waals surface area (Å²) in [5, 5.41) is 0.